The number of fused-ring (bicyclic) bond motifs is 2. The number of amides is 1. The van der Waals surface area contributed by atoms with Crippen LogP contribution in [0.1, 0.15) is 24.2 Å². The van der Waals surface area contributed by atoms with Crippen LogP contribution in [0.25, 0.3) is 0 Å². The number of aromatic nitrogens is 1. The van der Waals surface area contributed by atoms with Crippen LogP contribution in [-0.4, -0.2) is 24.1 Å². The number of ether oxygens (including phenoxy) is 1. The Balaban J connectivity index is 2.14. The Kier molecular flexibility index (Phi) is 2.13. The molecule has 0 aromatic carbocycles. The molecule has 1 aromatic heterocycles. The zero-order valence-electron chi connectivity index (χ0n) is 9.19. The minimum atomic E-state index is -0.583. The molecule has 5 heteroatoms. The first kappa shape index (κ1) is 10.2. The second-order valence-electron chi connectivity index (χ2n) is 4.35. The molecule has 0 radical (unpaired) electrons. The minimum Gasteiger partial charge on any atom is -0.381 e. The van der Waals surface area contributed by atoms with Crippen LogP contribution in [0.4, 0.5) is 5.69 Å². The van der Waals surface area contributed by atoms with E-state index in [0.29, 0.717) is 37.4 Å². The van der Waals surface area contributed by atoms with Crippen LogP contribution < -0.4 is 5.32 Å². The van der Waals surface area contributed by atoms with E-state index >= 15 is 0 Å². The molecule has 0 saturated carbocycles. The molecule has 1 N–H and O–H groups in total. The van der Waals surface area contributed by atoms with Crippen molar-refractivity contribution in [2.24, 2.45) is 0 Å². The van der Waals surface area contributed by atoms with Gasteiger partial charge in [-0.25, -0.2) is 4.98 Å². The Morgan fingerprint density at radius 1 is 1.41 bits per heavy atom. The summed E-state index contributed by atoms with van der Waals surface area (Å²) in [5.74, 6) is -0.0154. The highest BCUT2D eigenvalue weighted by Crippen LogP contribution is 2.43. The number of nitrogens with one attached hydrogen (secondary N) is 1. The van der Waals surface area contributed by atoms with Crippen molar-refractivity contribution in [1.82, 2.24) is 4.98 Å². The van der Waals surface area contributed by atoms with Crippen LogP contribution >= 0.6 is 0 Å². The highest BCUT2D eigenvalue weighted by molar-refractivity contribution is 6.05. The van der Waals surface area contributed by atoms with E-state index in [9.17, 15) is 4.79 Å². The number of pyridine rings is 1. The molecule has 86 valence electrons. The summed E-state index contributed by atoms with van der Waals surface area (Å²) in [6.07, 6.45) is 1.27. The molecule has 1 spiro atoms. The Morgan fingerprint density at radius 2 is 2.18 bits per heavy atom. The van der Waals surface area contributed by atoms with Crippen molar-refractivity contribution in [2.75, 3.05) is 18.5 Å². The van der Waals surface area contributed by atoms with Crippen LogP contribution in [-0.2, 0) is 14.9 Å². The van der Waals surface area contributed by atoms with Crippen LogP contribution in [0.2, 0.25) is 0 Å². The smallest absolute Gasteiger partial charge is 0.236 e. The second-order valence-corrected chi connectivity index (χ2v) is 4.35. The fourth-order valence-corrected chi connectivity index (χ4v) is 2.52. The molecule has 1 amide bonds. The maximum Gasteiger partial charge on any atom is 0.236 e. The number of carbonyl (C=O) groups is 1. The van der Waals surface area contributed by atoms with E-state index in [1.54, 1.807) is 12.1 Å². The molecule has 2 aliphatic heterocycles. The zero-order chi connectivity index (χ0) is 11.9. The van der Waals surface area contributed by atoms with Crippen LogP contribution in [0.15, 0.2) is 12.1 Å². The summed E-state index contributed by atoms with van der Waals surface area (Å²) in [6.45, 7) is 1.12. The van der Waals surface area contributed by atoms with Gasteiger partial charge in [-0.2, -0.15) is 5.26 Å². The van der Waals surface area contributed by atoms with E-state index in [0.717, 1.165) is 5.69 Å². The van der Waals surface area contributed by atoms with Crippen molar-refractivity contribution in [2.45, 2.75) is 18.3 Å². The summed E-state index contributed by atoms with van der Waals surface area (Å²) in [7, 11) is 0. The van der Waals surface area contributed by atoms with Crippen LogP contribution in [0.5, 0.6) is 0 Å². The van der Waals surface area contributed by atoms with E-state index in [1.807, 2.05) is 6.07 Å². The largest absolute Gasteiger partial charge is 0.381 e. The summed E-state index contributed by atoms with van der Waals surface area (Å²) < 4.78 is 5.30. The number of rotatable bonds is 0. The first-order chi connectivity index (χ1) is 8.26. The lowest BCUT2D eigenvalue weighted by atomic mass is 9.78. The van der Waals surface area contributed by atoms with Crippen molar-refractivity contribution >= 4 is 11.6 Å². The molecule has 0 atom stereocenters. The molecule has 17 heavy (non-hydrogen) atoms. The van der Waals surface area contributed by atoms with Gasteiger partial charge in [-0.3, -0.25) is 4.79 Å². The van der Waals surface area contributed by atoms with Gasteiger partial charge in [-0.05, 0) is 25.0 Å². The summed E-state index contributed by atoms with van der Waals surface area (Å²) in [6, 6.07) is 5.39. The van der Waals surface area contributed by atoms with E-state index in [4.69, 9.17) is 10.00 Å². The SMILES string of the molecule is N#Cc1ccc2c(n1)C1(CCOCC1)C(=O)N2. The van der Waals surface area contributed by atoms with Gasteiger partial charge >= 0.3 is 0 Å². The molecular weight excluding hydrogens is 218 g/mol. The standard InChI is InChI=1S/C12H11N3O2/c13-7-8-1-2-9-10(14-8)12(11(16)15-9)3-5-17-6-4-12/h1-2H,3-6H2,(H,15,16). The van der Waals surface area contributed by atoms with Gasteiger partial charge in [0, 0.05) is 13.2 Å². The Bertz CT molecular complexity index is 527. The quantitative estimate of drug-likeness (QED) is 0.718. The van der Waals surface area contributed by atoms with Gasteiger partial charge < -0.3 is 10.1 Å². The van der Waals surface area contributed by atoms with Gasteiger partial charge in [0.25, 0.3) is 0 Å². The molecular formula is C12H11N3O2. The molecule has 1 fully saturated rings. The fraction of sp³-hybridized carbons (Fsp3) is 0.417. The topological polar surface area (TPSA) is 75.0 Å². The van der Waals surface area contributed by atoms with Crippen molar-refractivity contribution < 1.29 is 9.53 Å². The molecule has 2 aliphatic rings. The molecule has 1 saturated heterocycles. The molecule has 0 bridgehead atoms. The number of hydrogen-bond donors (Lipinski definition) is 1. The maximum absolute atomic E-state index is 12.1. The zero-order valence-corrected chi connectivity index (χ0v) is 9.19. The van der Waals surface area contributed by atoms with E-state index < -0.39 is 5.41 Å². The first-order valence-electron chi connectivity index (χ1n) is 5.57. The normalized spacial score (nSPS) is 20.8. The summed E-state index contributed by atoms with van der Waals surface area (Å²) >= 11 is 0. The molecule has 3 rings (SSSR count). The van der Waals surface area contributed by atoms with E-state index in [1.165, 1.54) is 0 Å². The number of carbonyl (C=O) groups excluding carboxylic acids is 1. The number of nitriles is 1. The summed E-state index contributed by atoms with van der Waals surface area (Å²) in [5, 5.41) is 11.7. The Morgan fingerprint density at radius 3 is 2.88 bits per heavy atom. The molecule has 0 unspecified atom stereocenters. The van der Waals surface area contributed by atoms with Crippen LogP contribution in [0, 0.1) is 11.3 Å². The monoisotopic (exact) mass is 229 g/mol. The lowest BCUT2D eigenvalue weighted by molar-refractivity contribution is -0.124. The molecule has 3 heterocycles. The second kappa shape index (κ2) is 3.54. The number of anilines is 1. The van der Waals surface area contributed by atoms with Gasteiger partial charge in [-0.1, -0.05) is 0 Å². The summed E-state index contributed by atoms with van der Waals surface area (Å²) in [4.78, 5) is 16.4. The van der Waals surface area contributed by atoms with Crippen LogP contribution in [0.3, 0.4) is 0 Å². The molecule has 0 aliphatic carbocycles. The predicted octanol–water partition coefficient (Wildman–Crippen LogP) is 0.954. The summed E-state index contributed by atoms with van der Waals surface area (Å²) in [5.41, 5.74) is 1.22. The van der Waals surface area contributed by atoms with Crippen molar-refractivity contribution in [1.29, 1.82) is 5.26 Å². The molecule has 1 aromatic rings. The fourth-order valence-electron chi connectivity index (χ4n) is 2.52. The van der Waals surface area contributed by atoms with Crippen molar-refractivity contribution in [3.63, 3.8) is 0 Å². The average molecular weight is 229 g/mol. The first-order valence-corrected chi connectivity index (χ1v) is 5.57. The van der Waals surface area contributed by atoms with Gasteiger partial charge in [0.15, 0.2) is 0 Å². The minimum absolute atomic E-state index is 0.0154. The van der Waals surface area contributed by atoms with E-state index in [2.05, 4.69) is 10.3 Å². The number of hydrogen-bond acceptors (Lipinski definition) is 4. The highest BCUT2D eigenvalue weighted by atomic mass is 16.5. The Hall–Kier alpha value is -1.93. The highest BCUT2D eigenvalue weighted by Gasteiger charge is 2.49. The van der Waals surface area contributed by atoms with Gasteiger partial charge in [0.1, 0.15) is 11.8 Å². The third kappa shape index (κ3) is 1.34. The lowest BCUT2D eigenvalue weighted by Crippen LogP contribution is -2.40. The Labute approximate surface area is 98.4 Å². The predicted molar refractivity (Wildman–Crippen MR) is 59.3 cm³/mol. The van der Waals surface area contributed by atoms with Gasteiger partial charge in [0.2, 0.25) is 5.91 Å². The maximum atomic E-state index is 12.1. The van der Waals surface area contributed by atoms with Crippen molar-refractivity contribution in [3.05, 3.63) is 23.5 Å². The third-order valence-corrected chi connectivity index (χ3v) is 3.49. The van der Waals surface area contributed by atoms with E-state index in [-0.39, 0.29) is 5.91 Å². The van der Waals surface area contributed by atoms with Gasteiger partial charge in [-0.15, -0.1) is 0 Å². The van der Waals surface area contributed by atoms with Crippen molar-refractivity contribution in [3.8, 4) is 6.07 Å². The third-order valence-electron chi connectivity index (χ3n) is 3.49. The average Bonchev–Trinajstić information content (AvgIpc) is 2.63. The van der Waals surface area contributed by atoms with Gasteiger partial charge in [0.05, 0.1) is 16.8 Å². The molecule has 5 nitrogen and oxygen atoms in total. The lowest BCUT2D eigenvalue weighted by Gasteiger charge is -2.30. The number of nitrogens with zero attached hydrogens (tertiary/aromatic N) is 2.